The van der Waals surface area contributed by atoms with E-state index in [9.17, 15) is 22.8 Å². The summed E-state index contributed by atoms with van der Waals surface area (Å²) < 4.78 is 35.8. The highest BCUT2D eigenvalue weighted by Crippen LogP contribution is 2.39. The molecule has 0 aromatic heterocycles. The Labute approximate surface area is 223 Å². The van der Waals surface area contributed by atoms with Crippen molar-refractivity contribution < 1.29 is 27.5 Å². The first kappa shape index (κ1) is 26.9. The van der Waals surface area contributed by atoms with Crippen molar-refractivity contribution in [1.29, 1.82) is 0 Å². The number of carbonyl (C=O) groups excluding carboxylic acids is 3. The molecule has 3 N–H and O–H groups in total. The third kappa shape index (κ3) is 5.67. The standard InChI is InChI=1S/C26H37N5O6S/c1-26(2,3)37-25(34)28-18-8-10-30(11-9-18)38(35,36)31-20-5-6-21(31)15-19(14-20)27-24(33)16-4-7-22-17(12-16)13-23(32)29-22/h4,7,12,18-21H,5-6,8-11,13-15H2,1-3H3,(H,27,33)(H,28,34)(H,29,32)/t19-,20+,21-. The highest BCUT2D eigenvalue weighted by Gasteiger charge is 2.49. The fourth-order valence-corrected chi connectivity index (χ4v) is 8.18. The molecule has 0 aliphatic carbocycles. The van der Waals surface area contributed by atoms with Crippen molar-refractivity contribution in [2.24, 2.45) is 0 Å². The molecule has 4 heterocycles. The number of nitrogens with zero attached hydrogens (tertiary/aromatic N) is 2. The molecule has 1 aromatic rings. The maximum Gasteiger partial charge on any atom is 0.407 e. The van der Waals surface area contributed by atoms with Crippen LogP contribution in [-0.2, 0) is 26.2 Å². The van der Waals surface area contributed by atoms with Gasteiger partial charge in [-0.3, -0.25) is 9.59 Å². The van der Waals surface area contributed by atoms with Gasteiger partial charge < -0.3 is 20.7 Å². The van der Waals surface area contributed by atoms with Crippen molar-refractivity contribution in [2.45, 2.75) is 95.5 Å². The molecule has 4 aliphatic heterocycles. The zero-order valence-corrected chi connectivity index (χ0v) is 23.0. The van der Waals surface area contributed by atoms with E-state index in [-0.39, 0.29) is 42.4 Å². The Balaban J connectivity index is 1.16. The maximum atomic E-state index is 13.6. The van der Waals surface area contributed by atoms with Crippen LogP contribution in [0.2, 0.25) is 0 Å². The second-order valence-electron chi connectivity index (χ2n) is 11.8. The Hall–Kier alpha value is -2.70. The molecule has 11 nitrogen and oxygen atoms in total. The molecule has 3 saturated heterocycles. The second kappa shape index (κ2) is 10.1. The molecule has 12 heteroatoms. The Morgan fingerprint density at radius 2 is 1.66 bits per heavy atom. The highest BCUT2D eigenvalue weighted by molar-refractivity contribution is 7.86. The van der Waals surface area contributed by atoms with Gasteiger partial charge in [0, 0.05) is 48.5 Å². The normalized spacial score (nSPS) is 26.5. The lowest BCUT2D eigenvalue weighted by Gasteiger charge is -2.42. The van der Waals surface area contributed by atoms with Gasteiger partial charge in [0.15, 0.2) is 0 Å². The first-order chi connectivity index (χ1) is 17.9. The van der Waals surface area contributed by atoms with E-state index in [0.717, 1.165) is 24.1 Å². The summed E-state index contributed by atoms with van der Waals surface area (Å²) in [6.45, 7) is 6.10. The molecule has 5 rings (SSSR count). The monoisotopic (exact) mass is 547 g/mol. The van der Waals surface area contributed by atoms with Gasteiger partial charge in [0.1, 0.15) is 5.60 Å². The van der Waals surface area contributed by atoms with Gasteiger partial charge >= 0.3 is 6.09 Å². The third-order valence-corrected chi connectivity index (χ3v) is 9.91. The van der Waals surface area contributed by atoms with Crippen LogP contribution in [0, 0.1) is 0 Å². The largest absolute Gasteiger partial charge is 0.444 e. The number of alkyl carbamates (subject to hydrolysis) is 1. The molecule has 3 atom stereocenters. The van der Waals surface area contributed by atoms with Crippen LogP contribution in [0.15, 0.2) is 18.2 Å². The Bertz CT molecular complexity index is 1210. The minimum absolute atomic E-state index is 0.0776. The van der Waals surface area contributed by atoms with Gasteiger partial charge in [-0.1, -0.05) is 0 Å². The summed E-state index contributed by atoms with van der Waals surface area (Å²) in [5.41, 5.74) is 1.48. The summed E-state index contributed by atoms with van der Waals surface area (Å²) in [7, 11) is -3.65. The van der Waals surface area contributed by atoms with Crippen LogP contribution >= 0.6 is 0 Å². The summed E-state index contributed by atoms with van der Waals surface area (Å²) in [6, 6.07) is 4.67. The van der Waals surface area contributed by atoms with Crippen molar-refractivity contribution in [3.63, 3.8) is 0 Å². The van der Waals surface area contributed by atoms with Gasteiger partial charge in [-0.05, 0) is 83.1 Å². The molecule has 0 saturated carbocycles. The van der Waals surface area contributed by atoms with Crippen LogP contribution in [0.4, 0.5) is 10.5 Å². The van der Waals surface area contributed by atoms with Gasteiger partial charge in [-0.15, -0.1) is 0 Å². The molecular weight excluding hydrogens is 510 g/mol. The maximum absolute atomic E-state index is 13.6. The van der Waals surface area contributed by atoms with Crippen molar-refractivity contribution >= 4 is 33.8 Å². The number of hydrogen-bond acceptors (Lipinski definition) is 6. The molecular formula is C26H37N5O6S. The predicted molar refractivity (Wildman–Crippen MR) is 141 cm³/mol. The van der Waals surface area contributed by atoms with E-state index in [4.69, 9.17) is 4.74 Å². The first-order valence-electron chi connectivity index (χ1n) is 13.4. The molecule has 3 fully saturated rings. The summed E-state index contributed by atoms with van der Waals surface area (Å²) in [6.07, 6.45) is 3.55. The number of benzene rings is 1. The zero-order valence-electron chi connectivity index (χ0n) is 22.2. The van der Waals surface area contributed by atoms with Gasteiger partial charge in [-0.25, -0.2) is 4.79 Å². The van der Waals surface area contributed by atoms with E-state index in [1.54, 1.807) is 43.3 Å². The van der Waals surface area contributed by atoms with Crippen LogP contribution in [0.3, 0.4) is 0 Å². The predicted octanol–water partition coefficient (Wildman–Crippen LogP) is 2.14. The molecule has 0 unspecified atom stereocenters. The minimum atomic E-state index is -3.65. The van der Waals surface area contributed by atoms with Crippen molar-refractivity contribution in [3.8, 4) is 0 Å². The summed E-state index contributed by atoms with van der Waals surface area (Å²) >= 11 is 0. The fraction of sp³-hybridized carbons (Fsp3) is 0.654. The molecule has 38 heavy (non-hydrogen) atoms. The van der Waals surface area contributed by atoms with Crippen molar-refractivity contribution in [2.75, 3.05) is 18.4 Å². The molecule has 1 aromatic carbocycles. The quantitative estimate of drug-likeness (QED) is 0.517. The molecule has 0 spiro atoms. The number of anilines is 1. The molecule has 208 valence electrons. The number of ether oxygens (including phenoxy) is 1. The lowest BCUT2D eigenvalue weighted by atomic mass is 9.99. The third-order valence-electron chi connectivity index (χ3n) is 7.76. The Morgan fingerprint density at radius 1 is 1.00 bits per heavy atom. The molecule has 3 amide bonds. The van der Waals surface area contributed by atoms with E-state index < -0.39 is 21.9 Å². The van der Waals surface area contributed by atoms with E-state index in [1.165, 1.54) is 4.31 Å². The van der Waals surface area contributed by atoms with Crippen LogP contribution in [0.5, 0.6) is 0 Å². The average molecular weight is 548 g/mol. The number of carbonyl (C=O) groups is 3. The van der Waals surface area contributed by atoms with Gasteiger partial charge in [0.25, 0.3) is 16.1 Å². The van der Waals surface area contributed by atoms with E-state index in [1.807, 2.05) is 0 Å². The summed E-state index contributed by atoms with van der Waals surface area (Å²) in [5, 5.41) is 8.72. The van der Waals surface area contributed by atoms with Gasteiger partial charge in [0.05, 0.1) is 6.42 Å². The van der Waals surface area contributed by atoms with E-state index >= 15 is 0 Å². The van der Waals surface area contributed by atoms with Crippen molar-refractivity contribution in [1.82, 2.24) is 19.2 Å². The van der Waals surface area contributed by atoms with Crippen LogP contribution in [0.25, 0.3) is 0 Å². The molecule has 4 aliphatic rings. The summed E-state index contributed by atoms with van der Waals surface area (Å²) in [5.74, 6) is -0.279. The van der Waals surface area contributed by atoms with E-state index in [0.29, 0.717) is 44.3 Å². The highest BCUT2D eigenvalue weighted by atomic mass is 32.2. The van der Waals surface area contributed by atoms with Crippen molar-refractivity contribution in [3.05, 3.63) is 29.3 Å². The van der Waals surface area contributed by atoms with Crippen LogP contribution < -0.4 is 16.0 Å². The smallest absolute Gasteiger partial charge is 0.407 e. The van der Waals surface area contributed by atoms with E-state index in [2.05, 4.69) is 16.0 Å². The number of nitrogens with one attached hydrogen (secondary N) is 3. The van der Waals surface area contributed by atoms with Gasteiger partial charge in [-0.2, -0.15) is 17.0 Å². The van der Waals surface area contributed by atoms with Gasteiger partial charge in [0.2, 0.25) is 5.91 Å². The number of fused-ring (bicyclic) bond motifs is 3. The number of piperidine rings is 2. The topological polar surface area (TPSA) is 137 Å². The number of rotatable bonds is 5. The van der Waals surface area contributed by atoms with Crippen LogP contribution in [0.1, 0.15) is 75.2 Å². The second-order valence-corrected chi connectivity index (χ2v) is 13.6. The Morgan fingerprint density at radius 3 is 2.29 bits per heavy atom. The Kier molecular flexibility index (Phi) is 7.16. The molecule has 2 bridgehead atoms. The fourth-order valence-electron chi connectivity index (χ4n) is 6.11. The SMILES string of the molecule is CC(C)(C)OC(=O)NC1CCN(S(=O)(=O)N2[C@@H]3CC[C@H]2C[C@@H](NC(=O)c2ccc4c(c2)CC(=O)N4)C3)CC1. The lowest BCUT2D eigenvalue weighted by molar-refractivity contribution is -0.115. The molecule has 0 radical (unpaired) electrons. The summed E-state index contributed by atoms with van der Waals surface area (Å²) in [4.78, 5) is 36.6. The number of amides is 3. The van der Waals surface area contributed by atoms with Crippen LogP contribution in [-0.4, -0.2) is 77.8 Å². The first-order valence-corrected chi connectivity index (χ1v) is 14.8. The minimum Gasteiger partial charge on any atom is -0.444 e. The number of hydrogen-bond donors (Lipinski definition) is 3. The lowest BCUT2D eigenvalue weighted by Crippen LogP contribution is -2.57. The average Bonchev–Trinajstić information content (AvgIpc) is 3.34. The zero-order chi connectivity index (χ0) is 27.2.